The number of rotatable bonds is 7. The lowest BCUT2D eigenvalue weighted by Crippen LogP contribution is -2.08. The van der Waals surface area contributed by atoms with Gasteiger partial charge in [-0.15, -0.1) is 11.6 Å². The van der Waals surface area contributed by atoms with E-state index in [0.717, 1.165) is 6.42 Å². The van der Waals surface area contributed by atoms with Gasteiger partial charge in [-0.25, -0.2) is 0 Å². The minimum absolute atomic E-state index is 0.0588. The lowest BCUT2D eigenvalue weighted by molar-refractivity contribution is 0.388. The molecular formula is C11H20ClN. The first-order valence-corrected chi connectivity index (χ1v) is 5.77. The van der Waals surface area contributed by atoms with Crippen LogP contribution in [0.25, 0.3) is 0 Å². The fraction of sp³-hybridized carbons (Fsp3) is 0.909. The Morgan fingerprint density at radius 3 is 2.46 bits per heavy atom. The number of nitrogens with zero attached hydrogens (tertiary/aromatic N) is 1. The van der Waals surface area contributed by atoms with E-state index in [0.29, 0.717) is 11.8 Å². The molecule has 0 aromatic heterocycles. The number of unbranched alkanes of at least 4 members (excludes halogenated alkanes) is 1. The molecule has 1 nitrogen and oxygen atoms in total. The molecule has 76 valence electrons. The maximum absolute atomic E-state index is 8.76. The summed E-state index contributed by atoms with van der Waals surface area (Å²) in [5, 5.41) is 8.76. The van der Waals surface area contributed by atoms with Crippen LogP contribution in [-0.4, -0.2) is 5.88 Å². The van der Waals surface area contributed by atoms with Crippen LogP contribution in [0.2, 0.25) is 0 Å². The molecule has 0 fully saturated rings. The monoisotopic (exact) mass is 201 g/mol. The second-order valence-electron chi connectivity index (χ2n) is 3.63. The summed E-state index contributed by atoms with van der Waals surface area (Å²) in [7, 11) is 0. The zero-order valence-electron chi connectivity index (χ0n) is 8.72. The smallest absolute Gasteiger partial charge is 0.0668 e. The predicted molar refractivity (Wildman–Crippen MR) is 57.7 cm³/mol. The molecule has 2 atom stereocenters. The van der Waals surface area contributed by atoms with Crippen LogP contribution in [0, 0.1) is 23.2 Å². The fourth-order valence-electron chi connectivity index (χ4n) is 1.53. The van der Waals surface area contributed by atoms with E-state index in [1.165, 1.54) is 25.7 Å². The Kier molecular flexibility index (Phi) is 8.24. The van der Waals surface area contributed by atoms with Crippen molar-refractivity contribution in [2.75, 3.05) is 5.88 Å². The van der Waals surface area contributed by atoms with Crippen molar-refractivity contribution in [1.29, 1.82) is 5.26 Å². The summed E-state index contributed by atoms with van der Waals surface area (Å²) in [6, 6.07) is 2.26. The first-order valence-electron chi connectivity index (χ1n) is 5.23. The lowest BCUT2D eigenvalue weighted by Gasteiger charge is -2.15. The van der Waals surface area contributed by atoms with Crippen LogP contribution in [0.3, 0.4) is 0 Å². The van der Waals surface area contributed by atoms with Gasteiger partial charge in [-0.2, -0.15) is 5.26 Å². The van der Waals surface area contributed by atoms with E-state index in [1.54, 1.807) is 0 Å². The van der Waals surface area contributed by atoms with Crippen LogP contribution >= 0.6 is 11.6 Å². The largest absolute Gasteiger partial charge is 0.198 e. The Hall–Kier alpha value is -0.220. The average molecular weight is 202 g/mol. The molecular weight excluding hydrogens is 182 g/mol. The first kappa shape index (κ1) is 12.8. The predicted octanol–water partition coefficient (Wildman–Crippen LogP) is 3.97. The van der Waals surface area contributed by atoms with E-state index in [9.17, 15) is 0 Å². The van der Waals surface area contributed by atoms with Crippen molar-refractivity contribution in [2.45, 2.75) is 46.0 Å². The summed E-state index contributed by atoms with van der Waals surface area (Å²) in [6.07, 6.45) is 5.93. The molecule has 0 spiro atoms. The normalized spacial score (nSPS) is 14.9. The van der Waals surface area contributed by atoms with E-state index < -0.39 is 0 Å². The SMILES string of the molecule is CCCCC(CC)CC(C#N)CCl. The van der Waals surface area contributed by atoms with Crippen molar-refractivity contribution in [3.8, 4) is 6.07 Å². The molecule has 0 saturated carbocycles. The van der Waals surface area contributed by atoms with Crippen molar-refractivity contribution in [3.63, 3.8) is 0 Å². The topological polar surface area (TPSA) is 23.8 Å². The molecule has 0 aromatic carbocycles. The molecule has 13 heavy (non-hydrogen) atoms. The van der Waals surface area contributed by atoms with Crippen molar-refractivity contribution in [3.05, 3.63) is 0 Å². The molecule has 2 unspecified atom stereocenters. The molecule has 0 aromatic rings. The van der Waals surface area contributed by atoms with Gasteiger partial charge >= 0.3 is 0 Å². The second kappa shape index (κ2) is 8.38. The number of halogens is 1. The molecule has 0 heterocycles. The quantitative estimate of drug-likeness (QED) is 0.572. The maximum atomic E-state index is 8.76. The number of alkyl halides is 1. The van der Waals surface area contributed by atoms with Crippen LogP contribution in [0.15, 0.2) is 0 Å². The van der Waals surface area contributed by atoms with Crippen molar-refractivity contribution < 1.29 is 0 Å². The van der Waals surface area contributed by atoms with E-state index in [-0.39, 0.29) is 5.92 Å². The summed E-state index contributed by atoms with van der Waals surface area (Å²) in [5.41, 5.74) is 0. The molecule has 0 aliphatic heterocycles. The summed E-state index contributed by atoms with van der Waals surface area (Å²) >= 11 is 5.68. The van der Waals surface area contributed by atoms with Gasteiger partial charge in [0.25, 0.3) is 0 Å². The van der Waals surface area contributed by atoms with Gasteiger partial charge in [-0.3, -0.25) is 0 Å². The van der Waals surface area contributed by atoms with Gasteiger partial charge in [0.15, 0.2) is 0 Å². The van der Waals surface area contributed by atoms with Crippen molar-refractivity contribution in [1.82, 2.24) is 0 Å². The number of nitriles is 1. The van der Waals surface area contributed by atoms with E-state index >= 15 is 0 Å². The van der Waals surface area contributed by atoms with Gasteiger partial charge in [0.05, 0.1) is 12.0 Å². The first-order chi connectivity index (χ1) is 6.28. The van der Waals surface area contributed by atoms with Gasteiger partial charge in [-0.1, -0.05) is 39.5 Å². The van der Waals surface area contributed by atoms with Crippen LogP contribution in [0.4, 0.5) is 0 Å². The molecule has 0 radical (unpaired) electrons. The van der Waals surface area contributed by atoms with Gasteiger partial charge < -0.3 is 0 Å². The van der Waals surface area contributed by atoms with Gasteiger partial charge in [-0.05, 0) is 12.3 Å². The maximum Gasteiger partial charge on any atom is 0.0668 e. The standard InChI is InChI=1S/C11H20ClN/c1-3-5-6-10(4-2)7-11(8-12)9-13/h10-11H,3-8H2,1-2H3. The third-order valence-corrected chi connectivity index (χ3v) is 2.90. The summed E-state index contributed by atoms with van der Waals surface area (Å²) < 4.78 is 0. The van der Waals surface area contributed by atoms with Gasteiger partial charge in [0.2, 0.25) is 0 Å². The molecule has 0 aliphatic rings. The van der Waals surface area contributed by atoms with Gasteiger partial charge in [0.1, 0.15) is 0 Å². The Balaban J connectivity index is 3.75. The zero-order valence-corrected chi connectivity index (χ0v) is 9.48. The highest BCUT2D eigenvalue weighted by Crippen LogP contribution is 2.21. The van der Waals surface area contributed by atoms with Crippen LogP contribution < -0.4 is 0 Å². The zero-order chi connectivity index (χ0) is 10.1. The summed E-state index contributed by atoms with van der Waals surface area (Å²) in [6.45, 7) is 4.40. The Morgan fingerprint density at radius 1 is 1.38 bits per heavy atom. The Bertz CT molecular complexity index is 151. The van der Waals surface area contributed by atoms with Crippen molar-refractivity contribution in [2.24, 2.45) is 11.8 Å². The summed E-state index contributed by atoms with van der Waals surface area (Å²) in [4.78, 5) is 0. The van der Waals surface area contributed by atoms with Crippen LogP contribution in [0.1, 0.15) is 46.0 Å². The third kappa shape index (κ3) is 5.93. The minimum atomic E-state index is 0.0588. The average Bonchev–Trinajstić information content (AvgIpc) is 2.19. The molecule has 0 bridgehead atoms. The fourth-order valence-corrected chi connectivity index (χ4v) is 1.73. The highest BCUT2D eigenvalue weighted by molar-refractivity contribution is 6.18. The third-order valence-electron chi connectivity index (χ3n) is 2.53. The van der Waals surface area contributed by atoms with Crippen molar-refractivity contribution >= 4 is 11.6 Å². The molecule has 0 amide bonds. The molecule has 0 aliphatic carbocycles. The highest BCUT2D eigenvalue weighted by Gasteiger charge is 2.13. The molecule has 0 rings (SSSR count). The minimum Gasteiger partial charge on any atom is -0.198 e. The van der Waals surface area contributed by atoms with E-state index in [1.807, 2.05) is 0 Å². The second-order valence-corrected chi connectivity index (χ2v) is 3.94. The number of hydrogen-bond acceptors (Lipinski definition) is 1. The lowest BCUT2D eigenvalue weighted by atomic mass is 9.90. The molecule has 0 N–H and O–H groups in total. The Morgan fingerprint density at radius 2 is 2.08 bits per heavy atom. The van der Waals surface area contributed by atoms with Crippen LogP contribution in [0.5, 0.6) is 0 Å². The Labute approximate surface area is 87.1 Å². The highest BCUT2D eigenvalue weighted by atomic mass is 35.5. The van der Waals surface area contributed by atoms with E-state index in [2.05, 4.69) is 19.9 Å². The van der Waals surface area contributed by atoms with Gasteiger partial charge in [0, 0.05) is 5.88 Å². The molecule has 0 saturated heterocycles. The number of hydrogen-bond donors (Lipinski definition) is 0. The van der Waals surface area contributed by atoms with Crippen LogP contribution in [-0.2, 0) is 0 Å². The van der Waals surface area contributed by atoms with E-state index in [4.69, 9.17) is 16.9 Å². The molecule has 2 heteroatoms. The summed E-state index contributed by atoms with van der Waals surface area (Å²) in [5.74, 6) is 1.24.